The standard InChI is InChI=1S/C29H40/c1-19-6-8-24(9-7-19)25-10-12-26(13-11-25)27-14-15-29(22(4)18-27)28-16-20(2)23(5)21(3)17-28/h14-19,24-26H,6-13H2,1-5H3. The van der Waals surface area contributed by atoms with E-state index in [4.69, 9.17) is 0 Å². The topological polar surface area (TPSA) is 0 Å². The largest absolute Gasteiger partial charge is 0.0625 e. The first kappa shape index (κ1) is 20.7. The fourth-order valence-corrected chi connectivity index (χ4v) is 6.14. The summed E-state index contributed by atoms with van der Waals surface area (Å²) in [6, 6.07) is 12.0. The molecule has 0 N–H and O–H groups in total. The maximum Gasteiger partial charge on any atom is -0.0154 e. The molecule has 0 amide bonds. The molecule has 2 saturated carbocycles. The molecular formula is C29H40. The summed E-state index contributed by atoms with van der Waals surface area (Å²) in [5.74, 6) is 3.80. The minimum Gasteiger partial charge on any atom is -0.0625 e. The van der Waals surface area contributed by atoms with E-state index in [2.05, 4.69) is 65.0 Å². The molecule has 2 aliphatic carbocycles. The van der Waals surface area contributed by atoms with E-state index in [0.717, 1.165) is 23.7 Å². The van der Waals surface area contributed by atoms with Gasteiger partial charge < -0.3 is 0 Å². The van der Waals surface area contributed by atoms with Gasteiger partial charge in [0.15, 0.2) is 0 Å². The summed E-state index contributed by atoms with van der Waals surface area (Å²) in [4.78, 5) is 0. The van der Waals surface area contributed by atoms with Gasteiger partial charge in [-0.3, -0.25) is 0 Å². The summed E-state index contributed by atoms with van der Waals surface area (Å²) in [5.41, 5.74) is 10.0. The van der Waals surface area contributed by atoms with Crippen LogP contribution in [0.25, 0.3) is 11.1 Å². The lowest BCUT2D eigenvalue weighted by molar-refractivity contribution is 0.165. The van der Waals surface area contributed by atoms with Crippen molar-refractivity contribution in [2.24, 2.45) is 17.8 Å². The molecule has 0 nitrogen and oxygen atoms in total. The highest BCUT2D eigenvalue weighted by Crippen LogP contribution is 2.44. The Labute approximate surface area is 179 Å². The van der Waals surface area contributed by atoms with Gasteiger partial charge in [-0.2, -0.15) is 0 Å². The van der Waals surface area contributed by atoms with Crippen molar-refractivity contribution < 1.29 is 0 Å². The van der Waals surface area contributed by atoms with Crippen molar-refractivity contribution in [1.29, 1.82) is 0 Å². The molecule has 156 valence electrons. The Morgan fingerprint density at radius 2 is 1.17 bits per heavy atom. The third-order valence-corrected chi connectivity index (χ3v) is 8.46. The summed E-state index contributed by atoms with van der Waals surface area (Å²) >= 11 is 0. The zero-order valence-electron chi connectivity index (χ0n) is 19.4. The molecule has 0 bridgehead atoms. The van der Waals surface area contributed by atoms with Gasteiger partial charge in [-0.25, -0.2) is 0 Å². The van der Waals surface area contributed by atoms with Crippen LogP contribution in [0, 0.1) is 45.4 Å². The number of rotatable bonds is 3. The predicted molar refractivity (Wildman–Crippen MR) is 127 cm³/mol. The molecule has 0 saturated heterocycles. The molecule has 0 heterocycles. The van der Waals surface area contributed by atoms with E-state index in [1.54, 1.807) is 5.56 Å². The first-order valence-corrected chi connectivity index (χ1v) is 12.1. The second kappa shape index (κ2) is 8.66. The molecule has 2 fully saturated rings. The van der Waals surface area contributed by atoms with Crippen molar-refractivity contribution in [3.63, 3.8) is 0 Å². The van der Waals surface area contributed by atoms with Crippen LogP contribution in [0.3, 0.4) is 0 Å². The fraction of sp³-hybridized carbons (Fsp3) is 0.586. The average Bonchev–Trinajstić information content (AvgIpc) is 2.72. The Balaban J connectivity index is 1.44. The van der Waals surface area contributed by atoms with Crippen LogP contribution >= 0.6 is 0 Å². The molecule has 0 spiro atoms. The second-order valence-electron chi connectivity index (χ2n) is 10.4. The highest BCUT2D eigenvalue weighted by Gasteiger charge is 2.30. The lowest BCUT2D eigenvalue weighted by Gasteiger charge is -2.37. The molecule has 0 unspecified atom stereocenters. The minimum absolute atomic E-state index is 0.781. The molecule has 0 heteroatoms. The number of hydrogen-bond donors (Lipinski definition) is 0. The Morgan fingerprint density at radius 1 is 0.621 bits per heavy atom. The van der Waals surface area contributed by atoms with Crippen LogP contribution in [-0.4, -0.2) is 0 Å². The van der Waals surface area contributed by atoms with Gasteiger partial charge in [0.05, 0.1) is 0 Å². The normalized spacial score (nSPS) is 27.8. The molecular weight excluding hydrogens is 348 g/mol. The van der Waals surface area contributed by atoms with Gasteiger partial charge in [0.2, 0.25) is 0 Å². The maximum absolute atomic E-state index is 2.49. The van der Waals surface area contributed by atoms with Gasteiger partial charge in [0.1, 0.15) is 0 Å². The molecule has 0 atom stereocenters. The van der Waals surface area contributed by atoms with Crippen molar-refractivity contribution in [1.82, 2.24) is 0 Å². The summed E-state index contributed by atoms with van der Waals surface area (Å²) in [5, 5.41) is 0. The fourth-order valence-electron chi connectivity index (χ4n) is 6.14. The molecule has 0 aromatic heterocycles. The van der Waals surface area contributed by atoms with Crippen molar-refractivity contribution in [2.45, 2.75) is 91.9 Å². The SMILES string of the molecule is Cc1cc(C2CCC(C3CCC(C)CC3)CC2)ccc1-c1cc(C)c(C)c(C)c1. The molecule has 2 aromatic rings. The Kier molecular flexibility index (Phi) is 6.19. The van der Waals surface area contributed by atoms with E-state index in [1.807, 2.05) is 0 Å². The molecule has 2 aromatic carbocycles. The van der Waals surface area contributed by atoms with Crippen LogP contribution in [0.1, 0.15) is 92.0 Å². The van der Waals surface area contributed by atoms with Crippen LogP contribution in [0.5, 0.6) is 0 Å². The van der Waals surface area contributed by atoms with Crippen LogP contribution in [0.2, 0.25) is 0 Å². The molecule has 2 aliphatic rings. The second-order valence-corrected chi connectivity index (χ2v) is 10.4. The predicted octanol–water partition coefficient (Wildman–Crippen LogP) is 8.69. The summed E-state index contributed by atoms with van der Waals surface area (Å²) < 4.78 is 0. The lowest BCUT2D eigenvalue weighted by atomic mass is 9.68. The number of aryl methyl sites for hydroxylation is 3. The van der Waals surface area contributed by atoms with Crippen LogP contribution in [-0.2, 0) is 0 Å². The van der Waals surface area contributed by atoms with Gasteiger partial charge in [-0.15, -0.1) is 0 Å². The summed E-state index contributed by atoms with van der Waals surface area (Å²) in [6.07, 6.45) is 11.7. The maximum atomic E-state index is 2.49. The van der Waals surface area contributed by atoms with Crippen molar-refractivity contribution >= 4 is 0 Å². The van der Waals surface area contributed by atoms with E-state index in [-0.39, 0.29) is 0 Å². The summed E-state index contributed by atoms with van der Waals surface area (Å²) in [7, 11) is 0. The monoisotopic (exact) mass is 388 g/mol. The van der Waals surface area contributed by atoms with Crippen LogP contribution < -0.4 is 0 Å². The lowest BCUT2D eigenvalue weighted by Crippen LogP contribution is -2.24. The van der Waals surface area contributed by atoms with Gasteiger partial charge >= 0.3 is 0 Å². The quantitative estimate of drug-likeness (QED) is 0.493. The first-order valence-electron chi connectivity index (χ1n) is 12.1. The molecule has 29 heavy (non-hydrogen) atoms. The van der Waals surface area contributed by atoms with Gasteiger partial charge in [0.25, 0.3) is 0 Å². The Bertz CT molecular complexity index is 819. The number of benzene rings is 2. The zero-order valence-corrected chi connectivity index (χ0v) is 19.4. The van der Waals surface area contributed by atoms with Crippen LogP contribution in [0.15, 0.2) is 30.3 Å². The zero-order chi connectivity index (χ0) is 20.5. The van der Waals surface area contributed by atoms with Crippen LogP contribution in [0.4, 0.5) is 0 Å². The van der Waals surface area contributed by atoms with E-state index in [1.165, 1.54) is 84.7 Å². The van der Waals surface area contributed by atoms with E-state index >= 15 is 0 Å². The molecule has 4 rings (SSSR count). The molecule has 0 aliphatic heterocycles. The Morgan fingerprint density at radius 3 is 1.72 bits per heavy atom. The first-order chi connectivity index (χ1) is 13.9. The van der Waals surface area contributed by atoms with Crippen molar-refractivity contribution in [3.05, 3.63) is 58.1 Å². The van der Waals surface area contributed by atoms with Crippen molar-refractivity contribution in [3.8, 4) is 11.1 Å². The van der Waals surface area contributed by atoms with E-state index in [9.17, 15) is 0 Å². The Hall–Kier alpha value is -1.56. The third kappa shape index (κ3) is 4.47. The van der Waals surface area contributed by atoms with Gasteiger partial charge in [-0.1, -0.05) is 50.1 Å². The smallest absolute Gasteiger partial charge is 0.0154 e. The molecule has 0 radical (unpaired) electrons. The summed E-state index contributed by atoms with van der Waals surface area (Å²) in [6.45, 7) is 11.5. The van der Waals surface area contributed by atoms with Gasteiger partial charge in [0, 0.05) is 0 Å². The third-order valence-electron chi connectivity index (χ3n) is 8.46. The van der Waals surface area contributed by atoms with E-state index in [0.29, 0.717) is 0 Å². The highest BCUT2D eigenvalue weighted by atomic mass is 14.4. The number of hydrogen-bond acceptors (Lipinski definition) is 0. The highest BCUT2D eigenvalue weighted by molar-refractivity contribution is 5.70. The van der Waals surface area contributed by atoms with Gasteiger partial charge in [-0.05, 0) is 129 Å². The van der Waals surface area contributed by atoms with Crippen molar-refractivity contribution in [2.75, 3.05) is 0 Å². The minimum atomic E-state index is 0.781. The van der Waals surface area contributed by atoms with E-state index < -0.39 is 0 Å². The average molecular weight is 389 g/mol.